The van der Waals surface area contributed by atoms with Crippen LogP contribution in [-0.2, 0) is 0 Å². The van der Waals surface area contributed by atoms with Crippen LogP contribution in [-0.4, -0.2) is 33.8 Å². The van der Waals surface area contributed by atoms with Gasteiger partial charge in [-0.25, -0.2) is 9.69 Å². The topological polar surface area (TPSA) is 50.2 Å². The average Bonchev–Trinajstić information content (AvgIpc) is 3.23. The molecule has 156 valence electrons. The number of hydrogen-bond acceptors (Lipinski definition) is 3. The number of halogens is 3. The molecule has 1 aromatic heterocycles. The lowest BCUT2D eigenvalue weighted by atomic mass is 10.1. The number of nitrogens with one attached hydrogen (secondary N) is 1. The Kier molecular flexibility index (Phi) is 4.22. The molecule has 1 saturated heterocycles. The van der Waals surface area contributed by atoms with Crippen molar-refractivity contribution in [1.82, 2.24) is 20.2 Å². The molecule has 0 atom stereocenters. The summed E-state index contributed by atoms with van der Waals surface area (Å²) in [6.45, 7) is -1.77. The van der Waals surface area contributed by atoms with Crippen molar-refractivity contribution in [2.24, 2.45) is 0 Å². The van der Waals surface area contributed by atoms with Crippen molar-refractivity contribution < 1.29 is 14.4 Å². The Morgan fingerprint density at radius 2 is 1.83 bits per heavy atom. The molecule has 0 bridgehead atoms. The Morgan fingerprint density at radius 3 is 2.50 bits per heavy atom. The molecule has 30 heavy (non-hydrogen) atoms. The van der Waals surface area contributed by atoms with Gasteiger partial charge in [-0.15, -0.1) is 0 Å². The van der Waals surface area contributed by atoms with Gasteiger partial charge in [0, 0.05) is 38.4 Å². The van der Waals surface area contributed by atoms with Gasteiger partial charge < -0.3 is 0 Å². The number of carbonyl (C=O) groups excluding carboxylic acids is 1. The van der Waals surface area contributed by atoms with Gasteiger partial charge in [0.05, 0.1) is 21.9 Å². The molecule has 2 heterocycles. The fourth-order valence-corrected chi connectivity index (χ4v) is 3.84. The summed E-state index contributed by atoms with van der Waals surface area (Å²) in [5.74, 6) is -0.790. The van der Waals surface area contributed by atoms with E-state index in [9.17, 15) is 4.79 Å². The van der Waals surface area contributed by atoms with Crippen molar-refractivity contribution in [3.8, 4) is 16.9 Å². The minimum Gasteiger partial charge on any atom is -0.283 e. The maximum Gasteiger partial charge on any atom is 0.286 e. The van der Waals surface area contributed by atoms with Gasteiger partial charge in [0.15, 0.2) is 5.69 Å². The lowest BCUT2D eigenvalue weighted by molar-refractivity contribution is 0.0743. The van der Waals surface area contributed by atoms with Gasteiger partial charge in [-0.05, 0) is 50.0 Å². The van der Waals surface area contributed by atoms with Gasteiger partial charge in [0.1, 0.15) is 0 Å². The minimum atomic E-state index is -2.94. The molecule has 5 nitrogen and oxygen atoms in total. The first-order chi connectivity index (χ1) is 17.3. The Morgan fingerprint density at radius 1 is 1.10 bits per heavy atom. The zero-order valence-electron chi connectivity index (χ0n) is 22.7. The van der Waals surface area contributed by atoms with Crippen LogP contribution >= 0.6 is 34.8 Å². The summed E-state index contributed by atoms with van der Waals surface area (Å²) in [4.78, 5) is 13.4. The van der Waals surface area contributed by atoms with Crippen LogP contribution < -0.4 is 5.43 Å². The number of hydrazine groups is 1. The van der Waals surface area contributed by atoms with Gasteiger partial charge in [-0.2, -0.15) is 5.10 Å². The summed E-state index contributed by atoms with van der Waals surface area (Å²) in [5.41, 5.74) is 1.10. The first-order valence-electron chi connectivity index (χ1n) is 12.7. The van der Waals surface area contributed by atoms with Crippen LogP contribution in [0.5, 0.6) is 0 Å². The van der Waals surface area contributed by atoms with E-state index in [1.165, 1.54) is 18.2 Å². The molecule has 4 rings (SSSR count). The number of piperidine rings is 1. The van der Waals surface area contributed by atoms with Crippen LogP contribution in [0.2, 0.25) is 15.1 Å². The summed E-state index contributed by atoms with van der Waals surface area (Å²) in [6, 6.07) is 2.00. The predicted molar refractivity (Wildman–Crippen MR) is 122 cm³/mol. The average molecular weight is 472 g/mol. The molecule has 8 heteroatoms. The molecule has 0 aliphatic carbocycles. The smallest absolute Gasteiger partial charge is 0.283 e. The maximum absolute atomic E-state index is 13.4. The quantitative estimate of drug-likeness (QED) is 0.479. The molecule has 2 aromatic carbocycles. The first-order valence-corrected chi connectivity index (χ1v) is 10.4. The normalized spacial score (nSPS) is 18.4. The van der Waals surface area contributed by atoms with Crippen molar-refractivity contribution >= 4 is 40.7 Å². The Balaban J connectivity index is 2.07. The summed E-state index contributed by atoms with van der Waals surface area (Å²) in [7, 11) is 0. The van der Waals surface area contributed by atoms with E-state index >= 15 is 0 Å². The van der Waals surface area contributed by atoms with E-state index in [-0.39, 0.29) is 27.0 Å². The fraction of sp³-hybridized carbons (Fsp3) is 0.273. The molecular formula is C22H21Cl3N4O. The lowest BCUT2D eigenvalue weighted by Gasteiger charge is -2.26. The Hall–Kier alpha value is -2.05. The fourth-order valence-electron chi connectivity index (χ4n) is 3.25. The highest BCUT2D eigenvalue weighted by Gasteiger charge is 2.24. The third-order valence-corrected chi connectivity index (χ3v) is 5.41. The van der Waals surface area contributed by atoms with Crippen LogP contribution in [0.25, 0.3) is 16.9 Å². The number of benzene rings is 2. The molecule has 1 amide bonds. The molecule has 1 aliphatic rings. The number of rotatable bonds is 4. The molecule has 1 aliphatic heterocycles. The number of hydrogen-bond donors (Lipinski definition) is 1. The van der Waals surface area contributed by atoms with Gasteiger partial charge in [0.2, 0.25) is 0 Å². The Labute approximate surface area is 200 Å². The predicted octanol–water partition coefficient (Wildman–Crippen LogP) is 5.94. The lowest BCUT2D eigenvalue weighted by Crippen LogP contribution is -2.45. The summed E-state index contributed by atoms with van der Waals surface area (Å²) in [5, 5.41) is 5.91. The van der Waals surface area contributed by atoms with E-state index < -0.39 is 53.2 Å². The van der Waals surface area contributed by atoms with Crippen LogP contribution in [0.1, 0.15) is 44.9 Å². The second kappa shape index (κ2) is 8.98. The largest absolute Gasteiger partial charge is 0.286 e. The van der Waals surface area contributed by atoms with Gasteiger partial charge in [0.25, 0.3) is 5.91 Å². The summed E-state index contributed by atoms with van der Waals surface area (Å²) >= 11 is 18.4. The molecule has 0 saturated carbocycles. The number of aromatic nitrogens is 2. The highest BCUT2D eigenvalue weighted by Crippen LogP contribution is 2.33. The van der Waals surface area contributed by atoms with Gasteiger partial charge in [-0.3, -0.25) is 10.2 Å². The van der Waals surface area contributed by atoms with E-state index in [1.54, 1.807) is 5.01 Å². The molecule has 0 spiro atoms. The van der Waals surface area contributed by atoms with Crippen LogP contribution in [0.3, 0.4) is 0 Å². The van der Waals surface area contributed by atoms with E-state index in [4.69, 9.17) is 44.4 Å². The van der Waals surface area contributed by atoms with Crippen molar-refractivity contribution in [2.45, 2.75) is 26.1 Å². The third kappa shape index (κ3) is 4.35. The number of amides is 1. The van der Waals surface area contributed by atoms with Gasteiger partial charge >= 0.3 is 0 Å². The minimum absolute atomic E-state index is 0.0561. The first kappa shape index (κ1) is 14.1. The maximum atomic E-state index is 13.4. The highest BCUT2D eigenvalue weighted by molar-refractivity contribution is 6.35. The van der Waals surface area contributed by atoms with Crippen LogP contribution in [0.4, 0.5) is 0 Å². The molecule has 3 aromatic rings. The summed E-state index contributed by atoms with van der Waals surface area (Å²) < 4.78 is 59.2. The SMILES string of the molecule is [2H]c1c([2H])c(-c2c([13C]([2H])([2H])[2H])c(C(=O)NN3CCCCC3)nn2-c2ccc(Cl)cc2Cl)c([2H])c([2H])c1Cl. The van der Waals surface area contributed by atoms with Crippen molar-refractivity contribution in [1.29, 1.82) is 0 Å². The van der Waals surface area contributed by atoms with E-state index in [1.807, 2.05) is 0 Å². The Bertz CT molecular complexity index is 1360. The number of nitrogens with zero attached hydrogens (tertiary/aromatic N) is 3. The zero-order valence-corrected chi connectivity index (χ0v) is 17.9. The standard InChI is InChI=1S/C22H21Cl3N4O/c1-14-20(22(30)27-28-11-3-2-4-12-28)26-29(19-10-9-17(24)13-18(19)25)21(14)15-5-7-16(23)8-6-15/h5-10,13H,2-4,11-12H2,1H3,(H,27,30)/i1+1D3,5D,6D,7D,8D. The third-order valence-electron chi connectivity index (χ3n) is 4.69. The van der Waals surface area contributed by atoms with Crippen LogP contribution in [0, 0.1) is 6.85 Å². The zero-order chi connectivity index (χ0) is 27.2. The van der Waals surface area contributed by atoms with E-state index in [0.717, 1.165) is 23.9 Å². The second-order valence-corrected chi connectivity index (χ2v) is 7.98. The number of carbonyl (C=O) groups is 1. The van der Waals surface area contributed by atoms with Crippen molar-refractivity contribution in [3.05, 3.63) is 68.7 Å². The molecule has 0 unspecified atom stereocenters. The van der Waals surface area contributed by atoms with Crippen molar-refractivity contribution in [2.75, 3.05) is 13.1 Å². The van der Waals surface area contributed by atoms with Crippen LogP contribution in [0.15, 0.2) is 42.4 Å². The molecule has 1 N–H and O–H groups in total. The highest BCUT2D eigenvalue weighted by atomic mass is 35.5. The summed E-state index contributed by atoms with van der Waals surface area (Å²) in [6.07, 6.45) is 2.74. The molecule has 1 fully saturated rings. The van der Waals surface area contributed by atoms with Crippen molar-refractivity contribution in [3.63, 3.8) is 0 Å². The molecular weight excluding hydrogens is 444 g/mol. The van der Waals surface area contributed by atoms with E-state index in [0.29, 0.717) is 13.1 Å². The second-order valence-electron chi connectivity index (χ2n) is 6.76. The van der Waals surface area contributed by atoms with E-state index in [2.05, 4.69) is 10.5 Å². The molecule has 0 radical (unpaired) electrons. The monoisotopic (exact) mass is 470 g/mol. The van der Waals surface area contributed by atoms with Gasteiger partial charge in [-0.1, -0.05) is 53.3 Å².